The zero-order valence-electron chi connectivity index (χ0n) is 16.0. The SMILES string of the molecule is c1ccc2c(c1)nc1n2-c2cc(-c3ccc4sc5ccccc5c4c3)ccc2CS1. The van der Waals surface area contributed by atoms with Crippen molar-refractivity contribution in [2.24, 2.45) is 0 Å². The van der Waals surface area contributed by atoms with E-state index in [1.165, 1.54) is 48.1 Å². The van der Waals surface area contributed by atoms with Crippen molar-refractivity contribution in [3.63, 3.8) is 0 Å². The van der Waals surface area contributed by atoms with Crippen LogP contribution in [-0.4, -0.2) is 9.55 Å². The number of hydrogen-bond acceptors (Lipinski definition) is 3. The van der Waals surface area contributed by atoms with E-state index < -0.39 is 0 Å². The van der Waals surface area contributed by atoms with Crippen LogP contribution in [0.1, 0.15) is 5.56 Å². The van der Waals surface area contributed by atoms with Crippen LogP contribution in [0.25, 0.3) is 48.0 Å². The van der Waals surface area contributed by atoms with E-state index in [0.717, 1.165) is 16.4 Å². The lowest BCUT2D eigenvalue weighted by molar-refractivity contribution is 0.895. The fourth-order valence-corrected chi connectivity index (χ4v) is 6.56. The summed E-state index contributed by atoms with van der Waals surface area (Å²) < 4.78 is 5.01. The van der Waals surface area contributed by atoms with Gasteiger partial charge in [-0.1, -0.05) is 60.3 Å². The van der Waals surface area contributed by atoms with Gasteiger partial charge in [0, 0.05) is 25.9 Å². The van der Waals surface area contributed by atoms with Crippen molar-refractivity contribution in [1.82, 2.24) is 9.55 Å². The lowest BCUT2D eigenvalue weighted by Gasteiger charge is -2.20. The van der Waals surface area contributed by atoms with Gasteiger partial charge in [-0.15, -0.1) is 11.3 Å². The zero-order chi connectivity index (χ0) is 19.7. The number of benzene rings is 4. The Hall–Kier alpha value is -3.08. The first-order valence-corrected chi connectivity index (χ1v) is 11.8. The molecule has 0 saturated carbocycles. The first-order valence-electron chi connectivity index (χ1n) is 10.0. The van der Waals surface area contributed by atoms with E-state index in [1.54, 1.807) is 0 Å². The standard InChI is InChI=1S/C26H16N2S2/c1-4-8-24-19(5-1)20-13-16(11-12-25(20)30-24)17-9-10-18-15-29-26-27-21-6-2-3-7-22(21)28(26)23(18)14-17/h1-14H,15H2. The molecule has 6 aromatic rings. The molecule has 0 bridgehead atoms. The number of rotatable bonds is 1. The van der Waals surface area contributed by atoms with Crippen LogP contribution in [0, 0.1) is 0 Å². The quantitative estimate of drug-likeness (QED) is 0.272. The predicted molar refractivity (Wildman–Crippen MR) is 129 cm³/mol. The smallest absolute Gasteiger partial charge is 0.174 e. The van der Waals surface area contributed by atoms with E-state index in [-0.39, 0.29) is 0 Å². The number of nitrogens with zero attached hydrogens (tertiary/aromatic N) is 2. The maximum absolute atomic E-state index is 4.85. The molecule has 142 valence electrons. The molecule has 1 aliphatic rings. The third kappa shape index (κ3) is 2.35. The van der Waals surface area contributed by atoms with Crippen molar-refractivity contribution in [3.05, 3.63) is 90.5 Å². The normalized spacial score (nSPS) is 13.1. The average Bonchev–Trinajstić information content (AvgIpc) is 3.36. The second-order valence-corrected chi connectivity index (χ2v) is 9.69. The molecule has 2 nitrogen and oxygen atoms in total. The van der Waals surface area contributed by atoms with Crippen molar-refractivity contribution in [3.8, 4) is 16.8 Å². The van der Waals surface area contributed by atoms with Crippen LogP contribution in [0.4, 0.5) is 0 Å². The van der Waals surface area contributed by atoms with E-state index in [2.05, 4.69) is 89.5 Å². The third-order valence-electron chi connectivity index (χ3n) is 5.92. The number of thiophene rings is 1. The van der Waals surface area contributed by atoms with Crippen LogP contribution in [-0.2, 0) is 5.75 Å². The van der Waals surface area contributed by atoms with Crippen molar-refractivity contribution < 1.29 is 0 Å². The Morgan fingerprint density at radius 1 is 0.733 bits per heavy atom. The Labute approximate surface area is 181 Å². The predicted octanol–water partition coefficient (Wildman–Crippen LogP) is 7.67. The largest absolute Gasteiger partial charge is 0.287 e. The van der Waals surface area contributed by atoms with Crippen LogP contribution in [0.15, 0.2) is 90.1 Å². The van der Waals surface area contributed by atoms with E-state index >= 15 is 0 Å². The van der Waals surface area contributed by atoms with Gasteiger partial charge in [0.15, 0.2) is 5.16 Å². The lowest BCUT2D eigenvalue weighted by atomic mass is 10.0. The summed E-state index contributed by atoms with van der Waals surface area (Å²) in [6.45, 7) is 0. The van der Waals surface area contributed by atoms with E-state index in [1.807, 2.05) is 23.1 Å². The highest BCUT2D eigenvalue weighted by atomic mass is 32.2. The average molecular weight is 421 g/mol. The Morgan fingerprint density at radius 3 is 2.53 bits per heavy atom. The van der Waals surface area contributed by atoms with E-state index in [0.29, 0.717) is 0 Å². The minimum atomic E-state index is 0.965. The molecule has 4 aromatic carbocycles. The number of aromatic nitrogens is 2. The molecule has 0 atom stereocenters. The van der Waals surface area contributed by atoms with Gasteiger partial charge >= 0.3 is 0 Å². The number of hydrogen-bond donors (Lipinski definition) is 0. The molecule has 0 saturated heterocycles. The van der Waals surface area contributed by atoms with Gasteiger partial charge in [0.1, 0.15) is 0 Å². The molecule has 1 aliphatic heterocycles. The Balaban J connectivity index is 1.45. The summed E-state index contributed by atoms with van der Waals surface area (Å²) in [7, 11) is 0. The molecule has 2 aromatic heterocycles. The molecule has 0 fully saturated rings. The number of imidazole rings is 1. The third-order valence-corrected chi connectivity index (χ3v) is 8.06. The summed E-state index contributed by atoms with van der Waals surface area (Å²) in [6.07, 6.45) is 0. The molecule has 0 N–H and O–H groups in total. The van der Waals surface area contributed by atoms with E-state index in [4.69, 9.17) is 4.98 Å². The van der Waals surface area contributed by atoms with Crippen molar-refractivity contribution >= 4 is 54.3 Å². The fourth-order valence-electron chi connectivity index (χ4n) is 4.46. The van der Waals surface area contributed by atoms with Crippen molar-refractivity contribution in [2.75, 3.05) is 0 Å². The number of para-hydroxylation sites is 2. The summed E-state index contributed by atoms with van der Waals surface area (Å²) in [5, 5.41) is 3.77. The molecule has 0 amide bonds. The summed E-state index contributed by atoms with van der Waals surface area (Å²) in [4.78, 5) is 4.85. The summed E-state index contributed by atoms with van der Waals surface area (Å²) >= 11 is 3.68. The number of thioether (sulfide) groups is 1. The second-order valence-electron chi connectivity index (χ2n) is 7.66. The highest BCUT2D eigenvalue weighted by Gasteiger charge is 2.21. The van der Waals surface area contributed by atoms with Gasteiger partial charge in [-0.25, -0.2) is 4.98 Å². The minimum absolute atomic E-state index is 0.965. The first kappa shape index (κ1) is 16.7. The maximum Gasteiger partial charge on any atom is 0.174 e. The molecule has 7 rings (SSSR count). The minimum Gasteiger partial charge on any atom is -0.287 e. The molecule has 0 unspecified atom stereocenters. The van der Waals surface area contributed by atoms with Gasteiger partial charge in [-0.05, 0) is 53.1 Å². The Morgan fingerprint density at radius 2 is 1.53 bits per heavy atom. The Kier molecular flexibility index (Phi) is 3.45. The van der Waals surface area contributed by atoms with Crippen molar-refractivity contribution in [1.29, 1.82) is 0 Å². The molecule has 0 aliphatic carbocycles. The van der Waals surface area contributed by atoms with Crippen LogP contribution in [0.2, 0.25) is 0 Å². The molecular weight excluding hydrogens is 404 g/mol. The van der Waals surface area contributed by atoms with E-state index in [9.17, 15) is 0 Å². The monoisotopic (exact) mass is 420 g/mol. The summed E-state index contributed by atoms with van der Waals surface area (Å²) in [5.41, 5.74) is 7.37. The van der Waals surface area contributed by atoms with Crippen LogP contribution in [0.5, 0.6) is 0 Å². The number of fused-ring (bicyclic) bond motifs is 8. The fraction of sp³-hybridized carbons (Fsp3) is 0.0385. The summed E-state index contributed by atoms with van der Waals surface area (Å²) in [6, 6.07) is 30.8. The maximum atomic E-state index is 4.85. The second kappa shape index (κ2) is 6.21. The van der Waals surface area contributed by atoms with Gasteiger partial charge in [0.05, 0.1) is 16.7 Å². The van der Waals surface area contributed by atoms with Gasteiger partial charge in [-0.3, -0.25) is 4.57 Å². The first-order chi connectivity index (χ1) is 14.8. The lowest BCUT2D eigenvalue weighted by Crippen LogP contribution is -2.06. The van der Waals surface area contributed by atoms with Crippen LogP contribution >= 0.6 is 23.1 Å². The molecule has 30 heavy (non-hydrogen) atoms. The van der Waals surface area contributed by atoms with Gasteiger partial charge < -0.3 is 0 Å². The van der Waals surface area contributed by atoms with Crippen LogP contribution in [0.3, 0.4) is 0 Å². The van der Waals surface area contributed by atoms with Crippen molar-refractivity contribution in [2.45, 2.75) is 10.9 Å². The molecular formula is C26H16N2S2. The molecule has 0 spiro atoms. The zero-order valence-corrected chi connectivity index (χ0v) is 17.6. The topological polar surface area (TPSA) is 17.8 Å². The highest BCUT2D eigenvalue weighted by molar-refractivity contribution is 7.98. The van der Waals surface area contributed by atoms with Gasteiger partial charge in [0.2, 0.25) is 0 Å². The van der Waals surface area contributed by atoms with Gasteiger partial charge in [0.25, 0.3) is 0 Å². The molecule has 3 heterocycles. The molecule has 0 radical (unpaired) electrons. The highest BCUT2D eigenvalue weighted by Crippen LogP contribution is 2.40. The van der Waals surface area contributed by atoms with Gasteiger partial charge in [-0.2, -0.15) is 0 Å². The molecule has 4 heteroatoms. The Bertz CT molecular complexity index is 1610. The summed E-state index contributed by atoms with van der Waals surface area (Å²) in [5.74, 6) is 0.965. The van der Waals surface area contributed by atoms with Crippen LogP contribution < -0.4 is 0 Å².